The molecule has 1 fully saturated rings. The van der Waals surface area contributed by atoms with E-state index in [0.29, 0.717) is 38.3 Å². The number of hydrogen-bond acceptors (Lipinski definition) is 5. The molecule has 1 aliphatic rings. The summed E-state index contributed by atoms with van der Waals surface area (Å²) in [7, 11) is -3.58. The number of β-amino-alcohol motifs (C(OH)–C–C–N with tert-alkyl or cyclic N) is 1. The number of fused-ring (bicyclic) bond motifs is 1. The molecular formula is C23H23N3O3S. The Morgan fingerprint density at radius 2 is 1.60 bits per heavy atom. The molecule has 0 amide bonds. The highest BCUT2D eigenvalue weighted by Crippen LogP contribution is 2.23. The lowest BCUT2D eigenvalue weighted by atomic mass is 10.0. The van der Waals surface area contributed by atoms with Gasteiger partial charge in [-0.25, -0.2) is 8.42 Å². The molecule has 1 heterocycles. The van der Waals surface area contributed by atoms with Crippen LogP contribution in [-0.2, 0) is 10.0 Å². The molecule has 4 rings (SSSR count). The van der Waals surface area contributed by atoms with Gasteiger partial charge >= 0.3 is 0 Å². The maximum absolute atomic E-state index is 12.8. The van der Waals surface area contributed by atoms with Crippen LogP contribution in [0.2, 0.25) is 0 Å². The monoisotopic (exact) mass is 421 g/mol. The molecule has 30 heavy (non-hydrogen) atoms. The molecule has 1 saturated heterocycles. The topological polar surface area (TPSA) is 84.6 Å². The van der Waals surface area contributed by atoms with Crippen LogP contribution in [0.5, 0.6) is 0 Å². The quantitative estimate of drug-likeness (QED) is 0.685. The van der Waals surface area contributed by atoms with Gasteiger partial charge in [0.25, 0.3) is 0 Å². The minimum Gasteiger partial charge on any atom is -0.387 e. The maximum atomic E-state index is 12.8. The third-order valence-electron chi connectivity index (χ3n) is 5.54. The highest BCUT2D eigenvalue weighted by atomic mass is 32.2. The van der Waals surface area contributed by atoms with E-state index in [1.165, 1.54) is 28.6 Å². The Bertz CT molecular complexity index is 1180. The first-order chi connectivity index (χ1) is 14.5. The second kappa shape index (κ2) is 8.54. The lowest BCUT2D eigenvalue weighted by Crippen LogP contribution is -2.49. The molecule has 3 aromatic rings. The Kier molecular flexibility index (Phi) is 5.84. The number of piperazine rings is 1. The first-order valence-corrected chi connectivity index (χ1v) is 11.3. The van der Waals surface area contributed by atoms with Crippen molar-refractivity contribution in [3.8, 4) is 6.07 Å². The molecule has 0 radical (unpaired) electrons. The first kappa shape index (κ1) is 20.5. The number of nitriles is 1. The SMILES string of the molecule is N#Cc1ccc(S(=O)(=O)N2CCN(CC(O)c3ccc4ccccc4c3)CC2)cc1. The Hall–Kier alpha value is -2.76. The smallest absolute Gasteiger partial charge is 0.243 e. The largest absolute Gasteiger partial charge is 0.387 e. The minimum absolute atomic E-state index is 0.200. The van der Waals surface area contributed by atoms with E-state index in [0.717, 1.165) is 16.3 Å². The van der Waals surface area contributed by atoms with E-state index in [1.54, 1.807) is 0 Å². The molecule has 6 nitrogen and oxygen atoms in total. The van der Waals surface area contributed by atoms with E-state index in [2.05, 4.69) is 4.90 Å². The summed E-state index contributed by atoms with van der Waals surface area (Å²) in [5, 5.41) is 21.8. The maximum Gasteiger partial charge on any atom is 0.243 e. The summed E-state index contributed by atoms with van der Waals surface area (Å²) in [6.45, 7) is 2.31. The molecule has 0 saturated carbocycles. The molecule has 154 valence electrons. The van der Waals surface area contributed by atoms with Crippen molar-refractivity contribution < 1.29 is 13.5 Å². The number of rotatable bonds is 5. The van der Waals surface area contributed by atoms with Crippen molar-refractivity contribution in [2.24, 2.45) is 0 Å². The Balaban J connectivity index is 1.38. The minimum atomic E-state index is -3.58. The molecular weight excluding hydrogens is 398 g/mol. The number of nitrogens with zero attached hydrogens (tertiary/aromatic N) is 3. The Morgan fingerprint density at radius 3 is 2.27 bits per heavy atom. The zero-order chi connectivity index (χ0) is 21.1. The number of hydrogen-bond donors (Lipinski definition) is 1. The summed E-state index contributed by atoms with van der Waals surface area (Å²) in [6.07, 6.45) is -0.628. The van der Waals surface area contributed by atoms with Crippen molar-refractivity contribution in [1.82, 2.24) is 9.21 Å². The van der Waals surface area contributed by atoms with Gasteiger partial charge in [0.15, 0.2) is 0 Å². The molecule has 3 aromatic carbocycles. The number of benzene rings is 3. The van der Waals surface area contributed by atoms with Gasteiger partial charge in [0.1, 0.15) is 0 Å². The lowest BCUT2D eigenvalue weighted by Gasteiger charge is -2.35. The highest BCUT2D eigenvalue weighted by molar-refractivity contribution is 7.89. The molecule has 0 aliphatic carbocycles. The lowest BCUT2D eigenvalue weighted by molar-refractivity contribution is 0.0922. The van der Waals surface area contributed by atoms with Crippen LogP contribution in [0.3, 0.4) is 0 Å². The van der Waals surface area contributed by atoms with Crippen LogP contribution in [0.1, 0.15) is 17.2 Å². The second-order valence-electron chi connectivity index (χ2n) is 7.46. The van der Waals surface area contributed by atoms with Gasteiger partial charge in [0.2, 0.25) is 10.0 Å². The van der Waals surface area contributed by atoms with Crippen molar-refractivity contribution in [3.63, 3.8) is 0 Å². The van der Waals surface area contributed by atoms with Crippen molar-refractivity contribution in [3.05, 3.63) is 77.9 Å². The molecule has 1 aliphatic heterocycles. The Morgan fingerprint density at radius 1 is 0.933 bits per heavy atom. The summed E-state index contributed by atoms with van der Waals surface area (Å²) < 4.78 is 27.1. The average molecular weight is 422 g/mol. The van der Waals surface area contributed by atoms with E-state index < -0.39 is 16.1 Å². The van der Waals surface area contributed by atoms with Crippen LogP contribution in [0.4, 0.5) is 0 Å². The van der Waals surface area contributed by atoms with Crippen LogP contribution in [0.25, 0.3) is 10.8 Å². The van der Waals surface area contributed by atoms with E-state index in [-0.39, 0.29) is 4.90 Å². The summed E-state index contributed by atoms with van der Waals surface area (Å²) in [4.78, 5) is 2.29. The molecule has 0 bridgehead atoms. The van der Waals surface area contributed by atoms with Gasteiger partial charge in [-0.1, -0.05) is 36.4 Å². The van der Waals surface area contributed by atoms with Gasteiger partial charge in [-0.15, -0.1) is 0 Å². The third-order valence-corrected chi connectivity index (χ3v) is 7.45. The van der Waals surface area contributed by atoms with Crippen molar-refractivity contribution in [1.29, 1.82) is 5.26 Å². The molecule has 1 atom stereocenters. The first-order valence-electron chi connectivity index (χ1n) is 9.87. The molecule has 0 aromatic heterocycles. The summed E-state index contributed by atoms with van der Waals surface area (Å²) in [6, 6.07) is 22.0. The van der Waals surface area contributed by atoms with Crippen molar-refractivity contribution in [2.45, 2.75) is 11.0 Å². The van der Waals surface area contributed by atoms with Crippen LogP contribution < -0.4 is 0 Å². The summed E-state index contributed by atoms with van der Waals surface area (Å²) in [5.41, 5.74) is 1.29. The van der Waals surface area contributed by atoms with Crippen LogP contribution >= 0.6 is 0 Å². The van der Waals surface area contributed by atoms with Crippen LogP contribution in [0.15, 0.2) is 71.6 Å². The van der Waals surface area contributed by atoms with Crippen LogP contribution in [0, 0.1) is 11.3 Å². The Labute approximate surface area is 176 Å². The van der Waals surface area contributed by atoms with Crippen molar-refractivity contribution >= 4 is 20.8 Å². The number of sulfonamides is 1. The fourth-order valence-corrected chi connectivity index (χ4v) is 5.19. The molecule has 7 heteroatoms. The predicted octanol–water partition coefficient (Wildman–Crippen LogP) is 2.75. The second-order valence-corrected chi connectivity index (χ2v) is 9.40. The number of aliphatic hydroxyl groups is 1. The number of aliphatic hydroxyl groups excluding tert-OH is 1. The zero-order valence-electron chi connectivity index (χ0n) is 16.5. The standard InChI is InChI=1S/C23H23N3O3S/c24-16-18-5-9-22(10-6-18)30(28,29)26-13-11-25(12-14-26)17-23(27)21-8-7-19-3-1-2-4-20(19)15-21/h1-10,15,23,27H,11-14,17H2. The zero-order valence-corrected chi connectivity index (χ0v) is 17.3. The van der Waals surface area contributed by atoms with E-state index in [1.807, 2.05) is 48.5 Å². The predicted molar refractivity (Wildman–Crippen MR) is 115 cm³/mol. The van der Waals surface area contributed by atoms with Gasteiger partial charge in [0, 0.05) is 32.7 Å². The fraction of sp³-hybridized carbons (Fsp3) is 0.261. The fourth-order valence-electron chi connectivity index (χ4n) is 3.77. The van der Waals surface area contributed by atoms with Crippen molar-refractivity contribution in [2.75, 3.05) is 32.7 Å². The van der Waals surface area contributed by atoms with Gasteiger partial charge in [-0.3, -0.25) is 4.90 Å². The molecule has 1 N–H and O–H groups in total. The van der Waals surface area contributed by atoms with E-state index >= 15 is 0 Å². The van der Waals surface area contributed by atoms with Gasteiger partial charge < -0.3 is 5.11 Å². The summed E-state index contributed by atoms with van der Waals surface area (Å²) >= 11 is 0. The van der Waals surface area contributed by atoms with Crippen LogP contribution in [-0.4, -0.2) is 55.5 Å². The third kappa shape index (κ3) is 4.23. The van der Waals surface area contributed by atoms with Gasteiger partial charge in [-0.05, 0) is 46.7 Å². The highest BCUT2D eigenvalue weighted by Gasteiger charge is 2.29. The van der Waals surface area contributed by atoms with E-state index in [4.69, 9.17) is 5.26 Å². The molecule has 0 spiro atoms. The molecule has 1 unspecified atom stereocenters. The summed E-state index contributed by atoms with van der Waals surface area (Å²) in [5.74, 6) is 0. The van der Waals surface area contributed by atoms with E-state index in [9.17, 15) is 13.5 Å². The van der Waals surface area contributed by atoms with Gasteiger partial charge in [-0.2, -0.15) is 9.57 Å². The van der Waals surface area contributed by atoms with Gasteiger partial charge in [0.05, 0.1) is 22.6 Å². The normalized spacial score (nSPS) is 16.9. The average Bonchev–Trinajstić information content (AvgIpc) is 2.79.